The molecule has 1 saturated carbocycles. The Bertz CT molecular complexity index is 562. The molecule has 3 rings (SSSR count). The Morgan fingerprint density at radius 1 is 0.810 bits per heavy atom. The number of halogens is 1. The van der Waals surface area contributed by atoms with Crippen molar-refractivity contribution in [3.05, 3.63) is 70.8 Å². The molecule has 0 amide bonds. The second-order valence-electron chi connectivity index (χ2n) is 6.27. The Balaban J connectivity index is 1.75. The van der Waals surface area contributed by atoms with E-state index in [0.717, 1.165) is 5.92 Å². The van der Waals surface area contributed by atoms with Crippen molar-refractivity contribution in [3.63, 3.8) is 0 Å². The molecule has 2 aromatic rings. The van der Waals surface area contributed by atoms with Gasteiger partial charge in [0.05, 0.1) is 5.38 Å². The van der Waals surface area contributed by atoms with E-state index in [1.165, 1.54) is 54.4 Å². The molecule has 0 radical (unpaired) electrons. The summed E-state index contributed by atoms with van der Waals surface area (Å²) in [6.07, 6.45) is 6.87. The zero-order chi connectivity index (χ0) is 14.7. The summed E-state index contributed by atoms with van der Waals surface area (Å²) in [6.45, 7) is 2.10. The first kappa shape index (κ1) is 14.7. The highest BCUT2D eigenvalue weighted by Gasteiger charge is 2.16. The zero-order valence-corrected chi connectivity index (χ0v) is 13.4. The Kier molecular flexibility index (Phi) is 4.65. The number of benzene rings is 2. The maximum absolute atomic E-state index is 6.62. The van der Waals surface area contributed by atoms with Crippen LogP contribution in [0.4, 0.5) is 0 Å². The van der Waals surface area contributed by atoms with Crippen LogP contribution in [0.15, 0.2) is 48.5 Å². The van der Waals surface area contributed by atoms with Crippen molar-refractivity contribution < 1.29 is 0 Å². The highest BCUT2D eigenvalue weighted by atomic mass is 35.5. The van der Waals surface area contributed by atoms with Gasteiger partial charge in [0, 0.05) is 0 Å². The summed E-state index contributed by atoms with van der Waals surface area (Å²) < 4.78 is 0. The summed E-state index contributed by atoms with van der Waals surface area (Å²) in [5.74, 6) is 0.765. The van der Waals surface area contributed by atoms with E-state index in [-0.39, 0.29) is 5.38 Å². The Morgan fingerprint density at radius 3 is 1.90 bits per heavy atom. The van der Waals surface area contributed by atoms with E-state index in [2.05, 4.69) is 55.5 Å². The Hall–Kier alpha value is -1.27. The van der Waals surface area contributed by atoms with Crippen LogP contribution in [0.1, 0.15) is 65.7 Å². The van der Waals surface area contributed by atoms with Crippen LogP contribution < -0.4 is 0 Å². The number of alkyl halides is 1. The van der Waals surface area contributed by atoms with Gasteiger partial charge in [-0.1, -0.05) is 73.4 Å². The fraction of sp³-hybridized carbons (Fsp3) is 0.400. The van der Waals surface area contributed by atoms with E-state index in [0.29, 0.717) is 0 Å². The molecular formula is C20H23Cl. The molecule has 2 aromatic carbocycles. The smallest absolute Gasteiger partial charge is 0.0835 e. The minimum atomic E-state index is -0.0500. The normalized spacial score (nSPS) is 17.6. The van der Waals surface area contributed by atoms with Crippen molar-refractivity contribution >= 4 is 11.6 Å². The number of rotatable bonds is 3. The van der Waals surface area contributed by atoms with E-state index in [9.17, 15) is 0 Å². The van der Waals surface area contributed by atoms with Gasteiger partial charge in [-0.15, -0.1) is 11.6 Å². The number of hydrogen-bond acceptors (Lipinski definition) is 0. The van der Waals surface area contributed by atoms with Crippen LogP contribution in [0.3, 0.4) is 0 Å². The maximum atomic E-state index is 6.62. The summed E-state index contributed by atoms with van der Waals surface area (Å²) in [7, 11) is 0. The van der Waals surface area contributed by atoms with Crippen molar-refractivity contribution in [2.24, 2.45) is 0 Å². The molecule has 0 aromatic heterocycles. The third-order valence-corrected chi connectivity index (χ3v) is 5.18. The number of hydrogen-bond donors (Lipinski definition) is 0. The fourth-order valence-corrected chi connectivity index (χ4v) is 3.59. The van der Waals surface area contributed by atoms with Crippen molar-refractivity contribution in [2.45, 2.75) is 50.3 Å². The first-order valence-corrected chi connectivity index (χ1v) is 8.48. The lowest BCUT2D eigenvalue weighted by Gasteiger charge is -2.22. The molecule has 1 fully saturated rings. The summed E-state index contributed by atoms with van der Waals surface area (Å²) in [4.78, 5) is 0. The molecule has 1 heteroatoms. The third-order valence-electron chi connectivity index (χ3n) is 4.68. The van der Waals surface area contributed by atoms with E-state index < -0.39 is 0 Å². The van der Waals surface area contributed by atoms with Crippen LogP contribution in [-0.2, 0) is 0 Å². The van der Waals surface area contributed by atoms with Crippen LogP contribution in [0.5, 0.6) is 0 Å². The van der Waals surface area contributed by atoms with Crippen LogP contribution in [0.2, 0.25) is 0 Å². The second kappa shape index (κ2) is 6.66. The molecule has 21 heavy (non-hydrogen) atoms. The first-order valence-electron chi connectivity index (χ1n) is 8.04. The lowest BCUT2D eigenvalue weighted by molar-refractivity contribution is 0.443. The minimum absolute atomic E-state index is 0.0500. The average molecular weight is 299 g/mol. The summed E-state index contributed by atoms with van der Waals surface area (Å²) >= 11 is 6.62. The quantitative estimate of drug-likeness (QED) is 0.577. The lowest BCUT2D eigenvalue weighted by atomic mass is 9.84. The Labute approximate surface area is 133 Å². The summed E-state index contributed by atoms with van der Waals surface area (Å²) in [6, 6.07) is 17.5. The maximum Gasteiger partial charge on any atom is 0.0835 e. The van der Waals surface area contributed by atoms with Gasteiger partial charge in [0.2, 0.25) is 0 Å². The van der Waals surface area contributed by atoms with Gasteiger partial charge >= 0.3 is 0 Å². The van der Waals surface area contributed by atoms with Gasteiger partial charge in [0.15, 0.2) is 0 Å². The third kappa shape index (κ3) is 3.49. The van der Waals surface area contributed by atoms with Gasteiger partial charge in [0.25, 0.3) is 0 Å². The van der Waals surface area contributed by atoms with Crippen LogP contribution in [-0.4, -0.2) is 0 Å². The van der Waals surface area contributed by atoms with Crippen molar-refractivity contribution in [1.82, 2.24) is 0 Å². The topological polar surface area (TPSA) is 0 Å². The minimum Gasteiger partial charge on any atom is -0.113 e. The van der Waals surface area contributed by atoms with Crippen molar-refractivity contribution in [2.75, 3.05) is 0 Å². The van der Waals surface area contributed by atoms with Crippen molar-refractivity contribution in [3.8, 4) is 0 Å². The van der Waals surface area contributed by atoms with Gasteiger partial charge in [-0.05, 0) is 42.4 Å². The predicted octanol–water partition coefficient (Wildman–Crippen LogP) is 6.37. The zero-order valence-electron chi connectivity index (χ0n) is 12.7. The molecule has 0 spiro atoms. The average Bonchev–Trinajstić information content (AvgIpc) is 2.56. The molecule has 1 unspecified atom stereocenters. The molecule has 0 nitrogen and oxygen atoms in total. The van der Waals surface area contributed by atoms with E-state index >= 15 is 0 Å². The first-order chi connectivity index (χ1) is 10.2. The van der Waals surface area contributed by atoms with Crippen molar-refractivity contribution in [1.29, 1.82) is 0 Å². The fourth-order valence-electron chi connectivity index (χ4n) is 3.30. The van der Waals surface area contributed by atoms with Crippen LogP contribution >= 0.6 is 11.6 Å². The lowest BCUT2D eigenvalue weighted by Crippen LogP contribution is -2.04. The SMILES string of the molecule is Cc1ccc(C(Cl)c2ccc(C3CCCCC3)cc2)cc1. The van der Waals surface area contributed by atoms with Gasteiger partial charge in [-0.2, -0.15) is 0 Å². The van der Waals surface area contributed by atoms with E-state index in [1.807, 2.05) is 0 Å². The molecule has 0 aliphatic heterocycles. The standard InChI is InChI=1S/C20H23Cl/c1-15-7-9-18(10-8-15)20(21)19-13-11-17(12-14-19)16-5-3-2-4-6-16/h7-14,16,20H,2-6H2,1H3. The summed E-state index contributed by atoms with van der Waals surface area (Å²) in [5, 5.41) is -0.0500. The molecule has 0 bridgehead atoms. The molecule has 0 N–H and O–H groups in total. The molecule has 0 saturated heterocycles. The monoisotopic (exact) mass is 298 g/mol. The summed E-state index contributed by atoms with van der Waals surface area (Å²) in [5.41, 5.74) is 5.13. The Morgan fingerprint density at radius 2 is 1.33 bits per heavy atom. The predicted molar refractivity (Wildman–Crippen MR) is 91.1 cm³/mol. The molecule has 110 valence electrons. The molecule has 1 aliphatic rings. The molecule has 1 aliphatic carbocycles. The highest BCUT2D eigenvalue weighted by Crippen LogP contribution is 2.34. The number of aryl methyl sites for hydroxylation is 1. The van der Waals surface area contributed by atoms with E-state index in [1.54, 1.807) is 0 Å². The molecule has 0 heterocycles. The highest BCUT2D eigenvalue weighted by molar-refractivity contribution is 6.22. The van der Waals surface area contributed by atoms with Gasteiger partial charge in [0.1, 0.15) is 0 Å². The molecule has 1 atom stereocenters. The van der Waals surface area contributed by atoms with Gasteiger partial charge < -0.3 is 0 Å². The van der Waals surface area contributed by atoms with Crippen LogP contribution in [0, 0.1) is 6.92 Å². The largest absolute Gasteiger partial charge is 0.113 e. The van der Waals surface area contributed by atoms with Gasteiger partial charge in [-0.3, -0.25) is 0 Å². The molecular weight excluding hydrogens is 276 g/mol. The second-order valence-corrected chi connectivity index (χ2v) is 6.71. The van der Waals surface area contributed by atoms with E-state index in [4.69, 9.17) is 11.6 Å². The van der Waals surface area contributed by atoms with Crippen LogP contribution in [0.25, 0.3) is 0 Å². The van der Waals surface area contributed by atoms with Gasteiger partial charge in [-0.25, -0.2) is 0 Å².